The van der Waals surface area contributed by atoms with Crippen LogP contribution < -0.4 is 10.5 Å². The molecule has 2 spiro atoms. The van der Waals surface area contributed by atoms with Crippen LogP contribution in [0.2, 0.25) is 0 Å². The van der Waals surface area contributed by atoms with Crippen molar-refractivity contribution in [3.05, 3.63) is 38.6 Å². The van der Waals surface area contributed by atoms with Gasteiger partial charge in [0.15, 0.2) is 17.3 Å². The predicted molar refractivity (Wildman–Crippen MR) is 160 cm³/mol. The number of nitrogens with two attached hydrogens (primary N) is 1. The van der Waals surface area contributed by atoms with E-state index < -0.39 is 11.0 Å². The number of likely N-dealkylation sites (N-methyl/N-ethyl adjacent to an activating group) is 1. The third-order valence-corrected chi connectivity index (χ3v) is 11.7. The lowest BCUT2D eigenvalue weighted by atomic mass is 9.63. The Morgan fingerprint density at radius 2 is 1.98 bits per heavy atom. The number of likely N-dealkylation sites (tertiary alicyclic amines) is 1. The first-order valence-corrected chi connectivity index (χ1v) is 16.6. The molecule has 0 saturated carbocycles. The van der Waals surface area contributed by atoms with E-state index in [1.165, 1.54) is 11.3 Å². The van der Waals surface area contributed by atoms with Gasteiger partial charge in [-0.1, -0.05) is 5.16 Å². The van der Waals surface area contributed by atoms with Crippen LogP contribution in [0.3, 0.4) is 0 Å². The molecule has 2 saturated heterocycles. The number of rotatable bonds is 4. The van der Waals surface area contributed by atoms with Gasteiger partial charge in [-0.05, 0) is 77.4 Å². The van der Waals surface area contributed by atoms with Gasteiger partial charge in [0.1, 0.15) is 22.8 Å². The highest BCUT2D eigenvalue weighted by molar-refractivity contribution is 7.16. The van der Waals surface area contributed by atoms with Crippen molar-refractivity contribution in [3.8, 4) is 23.5 Å². The Kier molecular flexibility index (Phi) is 6.56. The first-order chi connectivity index (χ1) is 20.9. The Hall–Kier alpha value is -3.04. The van der Waals surface area contributed by atoms with Crippen LogP contribution in [0.1, 0.15) is 90.5 Å². The molecule has 0 radical (unpaired) electrons. The average molecular weight is 603 g/mol. The maximum absolute atomic E-state index is 10.1. The minimum atomic E-state index is -0.601. The summed E-state index contributed by atoms with van der Waals surface area (Å²) in [5, 5.41) is 15.4. The molecule has 8 rings (SSSR count). The fourth-order valence-electron chi connectivity index (χ4n) is 8.53. The maximum Gasteiger partial charge on any atom is 0.221 e. The third-order valence-electron chi connectivity index (χ3n) is 10.6. The largest absolute Gasteiger partial charge is 0.473 e. The van der Waals surface area contributed by atoms with Crippen molar-refractivity contribution in [2.75, 3.05) is 39.1 Å². The molecule has 2 aliphatic carbocycles. The molecule has 5 aliphatic rings. The lowest BCUT2D eigenvalue weighted by Gasteiger charge is -2.39. The second kappa shape index (κ2) is 10.3. The topological polar surface area (TPSA) is 133 Å². The Labute approximate surface area is 255 Å². The van der Waals surface area contributed by atoms with Gasteiger partial charge in [-0.15, -0.1) is 11.3 Å². The Bertz CT molecular complexity index is 1620. The molecule has 3 aromatic rings. The number of thiophene rings is 1. The summed E-state index contributed by atoms with van der Waals surface area (Å²) in [4.78, 5) is 13.9. The summed E-state index contributed by atoms with van der Waals surface area (Å²) in [5.74, 6) is 1.99. The number of anilines is 1. The quantitative estimate of drug-likeness (QED) is 0.450. The van der Waals surface area contributed by atoms with Gasteiger partial charge in [0, 0.05) is 41.5 Å². The number of nitriles is 1. The van der Waals surface area contributed by atoms with E-state index in [2.05, 4.69) is 30.1 Å². The van der Waals surface area contributed by atoms with Crippen LogP contribution in [0.15, 0.2) is 4.52 Å². The first kappa shape index (κ1) is 27.5. The molecule has 2 fully saturated rings. The zero-order valence-electron chi connectivity index (χ0n) is 24.9. The van der Waals surface area contributed by atoms with E-state index in [0.717, 1.165) is 86.1 Å². The van der Waals surface area contributed by atoms with E-state index in [0.29, 0.717) is 60.2 Å². The van der Waals surface area contributed by atoms with Gasteiger partial charge in [0.2, 0.25) is 5.88 Å². The number of aromatic nitrogens is 3. The van der Waals surface area contributed by atoms with E-state index >= 15 is 0 Å². The molecule has 0 bridgehead atoms. The summed E-state index contributed by atoms with van der Waals surface area (Å²) in [7, 11) is 2.17. The molecule has 3 aliphatic heterocycles. The van der Waals surface area contributed by atoms with Crippen LogP contribution in [0, 0.1) is 11.3 Å². The summed E-state index contributed by atoms with van der Waals surface area (Å²) in [6, 6.07) is 2.75. The molecule has 0 amide bonds. The van der Waals surface area contributed by atoms with Crippen LogP contribution in [0.5, 0.6) is 5.88 Å². The molecule has 11 heteroatoms. The van der Waals surface area contributed by atoms with E-state index in [-0.39, 0.29) is 6.10 Å². The van der Waals surface area contributed by atoms with Gasteiger partial charge in [-0.2, -0.15) is 10.2 Å². The van der Waals surface area contributed by atoms with Crippen LogP contribution in [0.4, 0.5) is 5.00 Å². The van der Waals surface area contributed by atoms with E-state index in [4.69, 9.17) is 34.4 Å². The molecule has 3 aromatic heterocycles. The molecule has 0 unspecified atom stereocenters. The van der Waals surface area contributed by atoms with Crippen molar-refractivity contribution in [2.24, 2.45) is 0 Å². The van der Waals surface area contributed by atoms with Gasteiger partial charge in [-0.25, -0.2) is 4.98 Å². The lowest BCUT2D eigenvalue weighted by Crippen LogP contribution is -2.40. The van der Waals surface area contributed by atoms with E-state index in [9.17, 15) is 5.26 Å². The van der Waals surface area contributed by atoms with Crippen LogP contribution >= 0.6 is 11.3 Å². The fraction of sp³-hybridized carbons (Fsp3) is 0.625. The number of hydrogen-bond acceptors (Lipinski definition) is 11. The minimum absolute atomic E-state index is 0.0263. The standard InChI is InChI=1S/C32H38N6O4S/c1-18(22-7-5-13-38(22)2)41-30-20-9-14-40-32(12-15-39-17-32)26(20)35-29(36-30)25-19-6-3-10-31(27(19)42-37-25)11-4-8-23-24(31)21(16-33)28(34)43-23/h18,22H,3-15,17,34H2,1-2H3/t18-,22-,31-,32-/m0/s1. The summed E-state index contributed by atoms with van der Waals surface area (Å²) >= 11 is 1.55. The van der Waals surface area contributed by atoms with Gasteiger partial charge >= 0.3 is 0 Å². The van der Waals surface area contributed by atoms with Crippen LogP contribution in [-0.4, -0.2) is 65.6 Å². The summed E-state index contributed by atoms with van der Waals surface area (Å²) in [5.41, 5.74) is 10.6. The van der Waals surface area contributed by atoms with Crippen molar-refractivity contribution in [1.82, 2.24) is 20.0 Å². The average Bonchev–Trinajstić information content (AvgIpc) is 3.80. The first-order valence-electron chi connectivity index (χ1n) is 15.8. The number of fused-ring (bicyclic) bond motifs is 6. The van der Waals surface area contributed by atoms with Gasteiger partial charge in [0.25, 0.3) is 0 Å². The number of hydrogen-bond donors (Lipinski definition) is 1. The number of nitrogens with zero attached hydrogens (tertiary/aromatic N) is 5. The molecular formula is C32H38N6O4S. The molecule has 226 valence electrons. The molecule has 10 nitrogen and oxygen atoms in total. The van der Waals surface area contributed by atoms with Crippen molar-refractivity contribution in [3.63, 3.8) is 0 Å². The normalized spacial score (nSPS) is 28.9. The molecule has 4 atom stereocenters. The lowest BCUT2D eigenvalue weighted by molar-refractivity contribution is -0.0674. The Morgan fingerprint density at radius 3 is 2.74 bits per heavy atom. The number of nitrogen functional groups attached to an aromatic ring is 1. The van der Waals surface area contributed by atoms with Crippen LogP contribution in [-0.2, 0) is 39.8 Å². The second-order valence-corrected chi connectivity index (χ2v) is 14.1. The molecule has 0 aromatic carbocycles. The zero-order valence-corrected chi connectivity index (χ0v) is 25.7. The third kappa shape index (κ3) is 4.10. The monoisotopic (exact) mass is 602 g/mol. The van der Waals surface area contributed by atoms with Gasteiger partial charge in [-0.3, -0.25) is 4.90 Å². The molecule has 2 N–H and O–H groups in total. The second-order valence-electron chi connectivity index (χ2n) is 13.0. The smallest absolute Gasteiger partial charge is 0.221 e. The number of ether oxygens (including phenoxy) is 3. The van der Waals surface area contributed by atoms with Gasteiger partial charge < -0.3 is 24.5 Å². The Morgan fingerprint density at radius 1 is 1.12 bits per heavy atom. The molecule has 43 heavy (non-hydrogen) atoms. The van der Waals surface area contributed by atoms with Crippen LogP contribution in [0.25, 0.3) is 11.5 Å². The molecular weight excluding hydrogens is 564 g/mol. The highest BCUT2D eigenvalue weighted by Crippen LogP contribution is 2.55. The zero-order chi connectivity index (χ0) is 29.3. The summed E-state index contributed by atoms with van der Waals surface area (Å²) < 4.78 is 25.3. The highest BCUT2D eigenvalue weighted by Gasteiger charge is 2.50. The van der Waals surface area contributed by atoms with E-state index in [1.807, 2.05) is 0 Å². The fourth-order valence-corrected chi connectivity index (χ4v) is 9.69. The maximum atomic E-state index is 10.1. The van der Waals surface area contributed by atoms with Crippen molar-refractivity contribution in [2.45, 2.75) is 94.3 Å². The summed E-state index contributed by atoms with van der Waals surface area (Å²) in [6.45, 7) is 4.92. The van der Waals surface area contributed by atoms with E-state index in [1.54, 1.807) is 11.3 Å². The SMILES string of the molecule is C[C@H](Oc1nc(-c2noc3c2CCC[C@@]32CCCc3sc(N)c(C#N)c32)nc2c1CCO[C@]21CCOC1)[C@@H]1CCCN1C. The van der Waals surface area contributed by atoms with Gasteiger partial charge in [0.05, 0.1) is 29.9 Å². The highest BCUT2D eigenvalue weighted by atomic mass is 32.1. The minimum Gasteiger partial charge on any atom is -0.473 e. The summed E-state index contributed by atoms with van der Waals surface area (Å²) in [6.07, 6.45) is 9.26. The van der Waals surface area contributed by atoms with Crippen molar-refractivity contribution >= 4 is 16.3 Å². The predicted octanol–water partition coefficient (Wildman–Crippen LogP) is 4.66. The molecule has 6 heterocycles. The number of aryl methyl sites for hydroxylation is 1. The van der Waals surface area contributed by atoms with Crippen molar-refractivity contribution in [1.29, 1.82) is 5.26 Å². The Balaban J connectivity index is 1.26. The van der Waals surface area contributed by atoms with Crippen molar-refractivity contribution < 1.29 is 18.7 Å².